The van der Waals surface area contributed by atoms with Gasteiger partial charge in [0.2, 0.25) is 0 Å². The van der Waals surface area contributed by atoms with E-state index in [0.717, 1.165) is 22.2 Å². The first-order chi connectivity index (χ1) is 11.2. The number of aromatic nitrogens is 2. The highest BCUT2D eigenvalue weighted by molar-refractivity contribution is 5.97. The molecule has 0 saturated carbocycles. The Kier molecular flexibility index (Phi) is 4.29. The molecule has 1 aromatic heterocycles. The molecule has 0 aliphatic carbocycles. The van der Waals surface area contributed by atoms with Gasteiger partial charge in [-0.05, 0) is 36.3 Å². The van der Waals surface area contributed by atoms with E-state index in [4.69, 9.17) is 0 Å². The number of imidazole rings is 1. The molecular weight excluding hydrogens is 288 g/mol. The molecule has 0 aliphatic rings. The van der Waals surface area contributed by atoms with Crippen LogP contribution in [0.1, 0.15) is 22.8 Å². The van der Waals surface area contributed by atoms with E-state index in [1.165, 1.54) is 0 Å². The first-order valence-electron chi connectivity index (χ1n) is 7.22. The average Bonchev–Trinajstić information content (AvgIpc) is 3.03. The molecule has 0 aliphatic heterocycles. The lowest BCUT2D eigenvalue weighted by molar-refractivity contribution is 0.0955. The first kappa shape index (κ1) is 14.7. The van der Waals surface area contributed by atoms with Crippen molar-refractivity contribution in [1.29, 1.82) is 0 Å². The Balaban J connectivity index is 1.65. The Morgan fingerprint density at radius 2 is 2.04 bits per heavy atom. The summed E-state index contributed by atoms with van der Waals surface area (Å²) in [6, 6.07) is 15.2. The van der Waals surface area contributed by atoms with E-state index in [1.54, 1.807) is 30.7 Å². The topological polar surface area (TPSA) is 70.1 Å². The Morgan fingerprint density at radius 1 is 1.22 bits per heavy atom. The molecule has 0 radical (unpaired) electrons. The van der Waals surface area contributed by atoms with Crippen molar-refractivity contribution in [2.45, 2.75) is 6.92 Å². The second kappa shape index (κ2) is 6.70. The Labute approximate surface area is 133 Å². The minimum atomic E-state index is -0.259. The fourth-order valence-corrected chi connectivity index (χ4v) is 2.18. The van der Waals surface area contributed by atoms with Crippen molar-refractivity contribution < 1.29 is 4.79 Å². The number of allylic oxidation sites excluding steroid dienone is 1. The summed E-state index contributed by atoms with van der Waals surface area (Å²) in [5.74, 6) is -0.259. The molecule has 0 bridgehead atoms. The lowest BCUT2D eigenvalue weighted by Crippen LogP contribution is -2.17. The standard InChI is InChI=1S/C18H16N4O/c1-13(9-14-5-3-2-4-6-14)11-21-22-18(23)15-7-8-16-17(10-15)20-12-19-16/h2-12H,1H3,(H,19,20)(H,22,23)/b13-9+,21-11-. The molecule has 1 heterocycles. The number of amides is 1. The normalized spacial score (nSPS) is 12.0. The van der Waals surface area contributed by atoms with Crippen LogP contribution in [0.4, 0.5) is 0 Å². The van der Waals surface area contributed by atoms with Gasteiger partial charge in [-0.3, -0.25) is 4.79 Å². The predicted octanol–water partition coefficient (Wildman–Crippen LogP) is 3.38. The van der Waals surface area contributed by atoms with Crippen molar-refractivity contribution in [3.05, 3.63) is 71.6 Å². The zero-order chi connectivity index (χ0) is 16.1. The zero-order valence-electron chi connectivity index (χ0n) is 12.7. The number of hydrogen-bond donors (Lipinski definition) is 2. The summed E-state index contributed by atoms with van der Waals surface area (Å²) in [7, 11) is 0. The van der Waals surface area contributed by atoms with Gasteiger partial charge in [0, 0.05) is 5.56 Å². The molecular formula is C18H16N4O. The Morgan fingerprint density at radius 3 is 2.87 bits per heavy atom. The van der Waals surface area contributed by atoms with Crippen molar-refractivity contribution in [2.24, 2.45) is 5.10 Å². The van der Waals surface area contributed by atoms with Crippen molar-refractivity contribution in [1.82, 2.24) is 15.4 Å². The van der Waals surface area contributed by atoms with Crippen LogP contribution in [-0.2, 0) is 0 Å². The fourth-order valence-electron chi connectivity index (χ4n) is 2.18. The van der Waals surface area contributed by atoms with E-state index >= 15 is 0 Å². The van der Waals surface area contributed by atoms with Gasteiger partial charge < -0.3 is 4.98 Å². The number of aromatic amines is 1. The maximum absolute atomic E-state index is 12.1. The molecule has 0 saturated heterocycles. The number of carbonyl (C=O) groups is 1. The number of hydrazone groups is 1. The molecule has 0 fully saturated rings. The quantitative estimate of drug-likeness (QED) is 0.573. The van der Waals surface area contributed by atoms with E-state index in [2.05, 4.69) is 20.5 Å². The smallest absolute Gasteiger partial charge is 0.271 e. The van der Waals surface area contributed by atoms with Gasteiger partial charge in [-0.1, -0.05) is 36.4 Å². The molecule has 3 aromatic rings. The predicted molar refractivity (Wildman–Crippen MR) is 92.1 cm³/mol. The van der Waals surface area contributed by atoms with Crippen LogP contribution in [0.15, 0.2) is 65.5 Å². The minimum Gasteiger partial charge on any atom is -0.345 e. The maximum atomic E-state index is 12.1. The SMILES string of the molecule is CC(/C=N\NC(=O)c1ccc2nc[nH]c2c1)=C\c1ccccc1. The van der Waals surface area contributed by atoms with Gasteiger partial charge in [-0.2, -0.15) is 5.10 Å². The van der Waals surface area contributed by atoms with Crippen molar-refractivity contribution in [3.63, 3.8) is 0 Å². The van der Waals surface area contributed by atoms with Crippen LogP contribution in [0.3, 0.4) is 0 Å². The third-order valence-electron chi connectivity index (χ3n) is 3.31. The summed E-state index contributed by atoms with van der Waals surface area (Å²) in [6.07, 6.45) is 5.22. The lowest BCUT2D eigenvalue weighted by Gasteiger charge is -2.00. The summed E-state index contributed by atoms with van der Waals surface area (Å²) in [5.41, 5.74) is 6.74. The summed E-state index contributed by atoms with van der Waals surface area (Å²) >= 11 is 0. The number of carbonyl (C=O) groups excluding carboxylic acids is 1. The number of hydrogen-bond acceptors (Lipinski definition) is 3. The number of H-pyrrole nitrogens is 1. The molecule has 114 valence electrons. The molecule has 5 heteroatoms. The molecule has 0 spiro atoms. The molecule has 1 amide bonds. The van der Waals surface area contributed by atoms with Crippen LogP contribution >= 0.6 is 0 Å². The Hall–Kier alpha value is -3.21. The maximum Gasteiger partial charge on any atom is 0.271 e. The van der Waals surface area contributed by atoms with Gasteiger partial charge in [-0.15, -0.1) is 0 Å². The van der Waals surface area contributed by atoms with Gasteiger partial charge >= 0.3 is 0 Å². The summed E-state index contributed by atoms with van der Waals surface area (Å²) < 4.78 is 0. The largest absolute Gasteiger partial charge is 0.345 e. The third kappa shape index (κ3) is 3.71. The number of benzene rings is 2. The fraction of sp³-hybridized carbons (Fsp3) is 0.0556. The molecule has 23 heavy (non-hydrogen) atoms. The summed E-state index contributed by atoms with van der Waals surface area (Å²) in [4.78, 5) is 19.2. The Bertz CT molecular complexity index is 878. The van der Waals surface area contributed by atoms with Crippen molar-refractivity contribution in [2.75, 3.05) is 0 Å². The highest BCUT2D eigenvalue weighted by atomic mass is 16.2. The van der Waals surface area contributed by atoms with E-state index in [-0.39, 0.29) is 5.91 Å². The summed E-state index contributed by atoms with van der Waals surface area (Å²) in [5, 5.41) is 3.99. The minimum absolute atomic E-state index is 0.259. The van der Waals surface area contributed by atoms with Crippen LogP contribution < -0.4 is 5.43 Å². The van der Waals surface area contributed by atoms with Crippen molar-refractivity contribution >= 4 is 29.2 Å². The number of nitrogens with zero attached hydrogens (tertiary/aromatic N) is 2. The number of nitrogens with one attached hydrogen (secondary N) is 2. The second-order valence-corrected chi connectivity index (χ2v) is 5.13. The van der Waals surface area contributed by atoms with E-state index in [9.17, 15) is 4.79 Å². The van der Waals surface area contributed by atoms with Gasteiger partial charge in [0.15, 0.2) is 0 Å². The lowest BCUT2D eigenvalue weighted by atomic mass is 10.1. The van der Waals surface area contributed by atoms with Gasteiger partial charge in [-0.25, -0.2) is 10.4 Å². The average molecular weight is 304 g/mol. The van der Waals surface area contributed by atoms with Crippen molar-refractivity contribution in [3.8, 4) is 0 Å². The molecule has 0 unspecified atom stereocenters. The second-order valence-electron chi connectivity index (χ2n) is 5.13. The highest BCUT2D eigenvalue weighted by Gasteiger charge is 2.05. The van der Waals surface area contributed by atoms with E-state index in [1.807, 2.05) is 43.3 Å². The number of rotatable bonds is 4. The van der Waals surface area contributed by atoms with E-state index < -0.39 is 0 Å². The molecule has 2 aromatic carbocycles. The van der Waals surface area contributed by atoms with Gasteiger partial charge in [0.1, 0.15) is 0 Å². The number of fused-ring (bicyclic) bond motifs is 1. The van der Waals surface area contributed by atoms with Crippen LogP contribution in [0.5, 0.6) is 0 Å². The molecule has 3 rings (SSSR count). The van der Waals surface area contributed by atoms with Crippen LogP contribution in [0.2, 0.25) is 0 Å². The monoisotopic (exact) mass is 304 g/mol. The molecule has 0 atom stereocenters. The van der Waals surface area contributed by atoms with Gasteiger partial charge in [0.05, 0.1) is 23.6 Å². The van der Waals surface area contributed by atoms with Crippen LogP contribution in [0, 0.1) is 0 Å². The molecule has 2 N–H and O–H groups in total. The highest BCUT2D eigenvalue weighted by Crippen LogP contribution is 2.11. The van der Waals surface area contributed by atoms with E-state index in [0.29, 0.717) is 5.56 Å². The first-order valence-corrected chi connectivity index (χ1v) is 7.22. The van der Waals surface area contributed by atoms with Crippen LogP contribution in [-0.4, -0.2) is 22.1 Å². The third-order valence-corrected chi connectivity index (χ3v) is 3.31. The summed E-state index contributed by atoms with van der Waals surface area (Å²) in [6.45, 7) is 1.93. The molecule has 5 nitrogen and oxygen atoms in total. The van der Waals surface area contributed by atoms with Gasteiger partial charge in [0.25, 0.3) is 5.91 Å². The van der Waals surface area contributed by atoms with Crippen LogP contribution in [0.25, 0.3) is 17.1 Å². The zero-order valence-corrected chi connectivity index (χ0v) is 12.7.